The fourth-order valence-electron chi connectivity index (χ4n) is 2.02. The Morgan fingerprint density at radius 2 is 2.08 bits per heavy atom. The van der Waals surface area contributed by atoms with Crippen LogP contribution in [0.4, 0.5) is 0 Å². The number of hydrogen-bond donors (Lipinski definition) is 1. The molecule has 0 aliphatic heterocycles. The molecule has 0 spiro atoms. The second-order valence-corrected chi connectivity index (χ2v) is 3.52. The van der Waals surface area contributed by atoms with Gasteiger partial charge >= 0.3 is 0 Å². The summed E-state index contributed by atoms with van der Waals surface area (Å²) in [5, 5.41) is 6.65. The molecular weight excluding hydrogens is 164 g/mol. The Kier molecular flexibility index (Phi) is 2.17. The lowest BCUT2D eigenvalue weighted by atomic mass is 9.91. The normalized spacial score (nSPS) is 15.5. The number of nitrogens with zero attached hydrogens (tertiary/aromatic N) is 1. The van der Waals surface area contributed by atoms with E-state index in [0.29, 0.717) is 0 Å². The zero-order valence-electron chi connectivity index (χ0n) is 7.89. The van der Waals surface area contributed by atoms with Crippen molar-refractivity contribution in [1.82, 2.24) is 10.2 Å². The van der Waals surface area contributed by atoms with Gasteiger partial charge in [0.15, 0.2) is 0 Å². The summed E-state index contributed by atoms with van der Waals surface area (Å²) in [6.07, 6.45) is 5.23. The molecule has 1 aliphatic rings. The van der Waals surface area contributed by atoms with Crippen LogP contribution in [0.25, 0.3) is 0 Å². The quantitative estimate of drug-likeness (QED) is 0.711. The van der Waals surface area contributed by atoms with E-state index in [1.54, 1.807) is 0 Å². The van der Waals surface area contributed by atoms with Crippen LogP contribution in [0.5, 0.6) is 0 Å². The molecule has 0 amide bonds. The summed E-state index contributed by atoms with van der Waals surface area (Å²) in [6, 6.07) is 0. The minimum Gasteiger partial charge on any atom is -0.268 e. The standard InChI is InChI=1S/C10H14N2O.H2/c1-2-9-7-5-3-4-6-8(7)10(13)12-11-9;/h2-6H2,1H3,(H,12,13);1H. The Morgan fingerprint density at radius 1 is 1.38 bits per heavy atom. The van der Waals surface area contributed by atoms with Gasteiger partial charge in [0.25, 0.3) is 5.56 Å². The van der Waals surface area contributed by atoms with Gasteiger partial charge in [-0.25, -0.2) is 5.10 Å². The molecule has 1 aromatic heterocycles. The number of rotatable bonds is 1. The van der Waals surface area contributed by atoms with E-state index < -0.39 is 0 Å². The lowest BCUT2D eigenvalue weighted by Crippen LogP contribution is -2.22. The van der Waals surface area contributed by atoms with Crippen LogP contribution in [-0.4, -0.2) is 10.2 Å². The summed E-state index contributed by atoms with van der Waals surface area (Å²) < 4.78 is 0. The van der Waals surface area contributed by atoms with Gasteiger partial charge in [-0.05, 0) is 37.7 Å². The number of aromatic amines is 1. The highest BCUT2D eigenvalue weighted by molar-refractivity contribution is 5.29. The third-order valence-corrected chi connectivity index (χ3v) is 2.72. The topological polar surface area (TPSA) is 45.8 Å². The minimum absolute atomic E-state index is 0. The summed E-state index contributed by atoms with van der Waals surface area (Å²) in [6.45, 7) is 2.08. The molecule has 72 valence electrons. The Balaban J connectivity index is 0.000000980. The zero-order chi connectivity index (χ0) is 9.26. The fraction of sp³-hybridized carbons (Fsp3) is 0.600. The summed E-state index contributed by atoms with van der Waals surface area (Å²) in [7, 11) is 0. The summed E-state index contributed by atoms with van der Waals surface area (Å²) in [4.78, 5) is 11.4. The smallest absolute Gasteiger partial charge is 0.267 e. The Bertz CT molecular complexity index is 373. The van der Waals surface area contributed by atoms with Crippen LogP contribution in [0.2, 0.25) is 0 Å². The summed E-state index contributed by atoms with van der Waals surface area (Å²) in [5.41, 5.74) is 3.30. The van der Waals surface area contributed by atoms with Gasteiger partial charge in [0.1, 0.15) is 0 Å². The monoisotopic (exact) mass is 180 g/mol. The number of aryl methyl sites for hydroxylation is 1. The molecule has 1 heterocycles. The van der Waals surface area contributed by atoms with Crippen LogP contribution >= 0.6 is 0 Å². The molecule has 3 heteroatoms. The molecular formula is C10H16N2O. The molecule has 1 N–H and O–H groups in total. The average molecular weight is 180 g/mol. The molecule has 1 aliphatic carbocycles. The first-order valence-corrected chi connectivity index (χ1v) is 4.92. The molecule has 3 nitrogen and oxygen atoms in total. The van der Waals surface area contributed by atoms with E-state index >= 15 is 0 Å². The largest absolute Gasteiger partial charge is 0.268 e. The predicted octanol–water partition coefficient (Wildman–Crippen LogP) is 1.46. The molecule has 2 rings (SSSR count). The molecule has 0 atom stereocenters. The number of H-pyrrole nitrogens is 1. The van der Waals surface area contributed by atoms with Gasteiger partial charge in [0.05, 0.1) is 5.69 Å². The van der Waals surface area contributed by atoms with Crippen molar-refractivity contribution in [3.8, 4) is 0 Å². The van der Waals surface area contributed by atoms with Gasteiger partial charge in [-0.1, -0.05) is 6.92 Å². The maximum Gasteiger partial charge on any atom is 0.267 e. The van der Waals surface area contributed by atoms with E-state index in [-0.39, 0.29) is 6.99 Å². The minimum atomic E-state index is 0. The Morgan fingerprint density at radius 3 is 2.77 bits per heavy atom. The van der Waals surface area contributed by atoms with E-state index in [2.05, 4.69) is 17.1 Å². The third-order valence-electron chi connectivity index (χ3n) is 2.72. The molecule has 0 bridgehead atoms. The van der Waals surface area contributed by atoms with Crippen LogP contribution in [0, 0.1) is 0 Å². The Hall–Kier alpha value is -1.12. The highest BCUT2D eigenvalue weighted by Gasteiger charge is 2.16. The second kappa shape index (κ2) is 3.32. The van der Waals surface area contributed by atoms with Gasteiger partial charge in [-0.2, -0.15) is 5.10 Å². The lowest BCUT2D eigenvalue weighted by Gasteiger charge is -2.16. The van der Waals surface area contributed by atoms with E-state index in [4.69, 9.17) is 0 Å². The van der Waals surface area contributed by atoms with Gasteiger partial charge < -0.3 is 0 Å². The van der Waals surface area contributed by atoms with Crippen LogP contribution < -0.4 is 5.56 Å². The SMILES string of the molecule is CCc1n[nH]c(=O)c2c1CCCC2.[HH]. The average Bonchev–Trinajstić information content (AvgIpc) is 2.19. The van der Waals surface area contributed by atoms with Crippen molar-refractivity contribution in [2.24, 2.45) is 0 Å². The van der Waals surface area contributed by atoms with Gasteiger partial charge in [0, 0.05) is 6.99 Å². The molecule has 0 saturated heterocycles. The fourth-order valence-corrected chi connectivity index (χ4v) is 2.02. The molecule has 13 heavy (non-hydrogen) atoms. The summed E-state index contributed by atoms with van der Waals surface area (Å²) in [5.74, 6) is 0. The van der Waals surface area contributed by atoms with E-state index in [0.717, 1.165) is 36.9 Å². The third kappa shape index (κ3) is 1.39. The van der Waals surface area contributed by atoms with Gasteiger partial charge in [0.2, 0.25) is 0 Å². The number of fused-ring (bicyclic) bond motifs is 1. The van der Waals surface area contributed by atoms with Crippen molar-refractivity contribution >= 4 is 0 Å². The zero-order valence-corrected chi connectivity index (χ0v) is 7.89. The van der Waals surface area contributed by atoms with Crippen LogP contribution in [0.3, 0.4) is 0 Å². The van der Waals surface area contributed by atoms with Crippen LogP contribution in [-0.2, 0) is 19.3 Å². The molecule has 0 radical (unpaired) electrons. The Labute approximate surface area is 78.7 Å². The predicted molar refractivity (Wildman–Crippen MR) is 53.0 cm³/mol. The van der Waals surface area contributed by atoms with Gasteiger partial charge in [-0.15, -0.1) is 0 Å². The number of hydrogen-bond acceptors (Lipinski definition) is 2. The van der Waals surface area contributed by atoms with Crippen molar-refractivity contribution < 1.29 is 1.43 Å². The highest BCUT2D eigenvalue weighted by Crippen LogP contribution is 2.19. The van der Waals surface area contributed by atoms with Crippen molar-refractivity contribution in [1.29, 1.82) is 0 Å². The van der Waals surface area contributed by atoms with Gasteiger partial charge in [-0.3, -0.25) is 4.79 Å². The maximum atomic E-state index is 11.4. The van der Waals surface area contributed by atoms with Crippen LogP contribution in [0.15, 0.2) is 4.79 Å². The number of nitrogens with one attached hydrogen (secondary N) is 1. The second-order valence-electron chi connectivity index (χ2n) is 3.52. The first-order valence-electron chi connectivity index (χ1n) is 4.92. The van der Waals surface area contributed by atoms with Crippen molar-refractivity contribution in [2.45, 2.75) is 39.0 Å². The van der Waals surface area contributed by atoms with Crippen molar-refractivity contribution in [3.63, 3.8) is 0 Å². The summed E-state index contributed by atoms with van der Waals surface area (Å²) >= 11 is 0. The molecule has 0 aromatic carbocycles. The molecule has 0 saturated carbocycles. The molecule has 1 aromatic rings. The maximum absolute atomic E-state index is 11.4. The molecule has 0 unspecified atom stereocenters. The first kappa shape index (κ1) is 8.48. The van der Waals surface area contributed by atoms with Crippen LogP contribution in [0.1, 0.15) is 38.0 Å². The van der Waals surface area contributed by atoms with E-state index in [9.17, 15) is 4.79 Å². The van der Waals surface area contributed by atoms with E-state index in [1.807, 2.05) is 0 Å². The first-order chi connectivity index (χ1) is 6.33. The molecule has 0 fully saturated rings. The number of aromatic nitrogens is 2. The highest BCUT2D eigenvalue weighted by atomic mass is 16.1. The van der Waals surface area contributed by atoms with Crippen molar-refractivity contribution in [3.05, 3.63) is 27.2 Å². The van der Waals surface area contributed by atoms with Crippen molar-refractivity contribution in [2.75, 3.05) is 0 Å². The van der Waals surface area contributed by atoms with E-state index in [1.165, 1.54) is 12.0 Å². The lowest BCUT2D eigenvalue weighted by molar-refractivity contribution is 0.653.